The van der Waals surface area contributed by atoms with E-state index in [9.17, 15) is 0 Å². The fraction of sp³-hybridized carbons (Fsp3) is 0.333. The molecule has 0 aromatic heterocycles. The van der Waals surface area contributed by atoms with Crippen molar-refractivity contribution < 1.29 is 0 Å². The van der Waals surface area contributed by atoms with E-state index in [4.69, 9.17) is 0 Å². The molecule has 1 rings (SSSR count). The molecule has 0 aliphatic carbocycles. The molecule has 0 saturated carbocycles. The van der Waals surface area contributed by atoms with Crippen molar-refractivity contribution in [2.45, 2.75) is 0 Å². The summed E-state index contributed by atoms with van der Waals surface area (Å²) in [5, 5.41) is 0. The van der Waals surface area contributed by atoms with E-state index in [2.05, 4.69) is 13.2 Å². The monoisotopic (exact) mass is 175 g/mol. The third-order valence-corrected chi connectivity index (χ3v) is 2.36. The van der Waals surface area contributed by atoms with Crippen LogP contribution in [0.2, 0.25) is 0 Å². The van der Waals surface area contributed by atoms with Gasteiger partial charge in [0, 0.05) is 0 Å². The average Bonchev–Trinajstić information content (AvgIpc) is 1.76. The van der Waals surface area contributed by atoms with E-state index in [0.717, 1.165) is 6.54 Å². The molecule has 1 nitrogen and oxygen atoms in total. The van der Waals surface area contributed by atoms with Crippen LogP contribution < -0.4 is 0 Å². The summed E-state index contributed by atoms with van der Waals surface area (Å²) in [5.41, 5.74) is 0. The predicted molar refractivity (Wildman–Crippen MR) is 22.2 cm³/mol. The Morgan fingerprint density at radius 3 is 3.00 bits per heavy atom. The fourth-order valence-electron chi connectivity index (χ4n) is 0.236. The zero-order valence-electron chi connectivity index (χ0n) is 2.76. The van der Waals surface area contributed by atoms with E-state index in [1.54, 1.807) is 0 Å². The summed E-state index contributed by atoms with van der Waals surface area (Å²) >= 11 is -0.0889. The van der Waals surface area contributed by atoms with Gasteiger partial charge in [0.05, 0.1) is 0 Å². The maximum absolute atomic E-state index is 4.12. The van der Waals surface area contributed by atoms with Crippen LogP contribution in [0.15, 0.2) is 13.2 Å². The topological polar surface area (TPSA) is 12.4 Å². The molecule has 0 bridgehead atoms. The molecule has 0 atom stereocenters. The summed E-state index contributed by atoms with van der Waals surface area (Å²) in [6.07, 6.45) is 2.14. The Morgan fingerprint density at radius 1 is 1.80 bits per heavy atom. The van der Waals surface area contributed by atoms with Crippen molar-refractivity contribution in [3.05, 3.63) is 10.1 Å². The third-order valence-electron chi connectivity index (χ3n) is 0.441. The molecule has 0 amide bonds. The molecular formula is C3H4NSb. The summed E-state index contributed by atoms with van der Waals surface area (Å²) in [7, 11) is 0. The summed E-state index contributed by atoms with van der Waals surface area (Å²) in [6, 6.07) is 0. The normalized spacial score (nSPS) is 17.6. The van der Waals surface area contributed by atoms with Crippen LogP contribution in [-0.4, -0.2) is 28.0 Å². The van der Waals surface area contributed by atoms with Crippen LogP contribution >= 0.6 is 0 Å². The van der Waals surface area contributed by atoms with Gasteiger partial charge in [-0.25, -0.2) is 0 Å². The van der Waals surface area contributed by atoms with Crippen molar-refractivity contribution in [2.24, 2.45) is 3.09 Å². The van der Waals surface area contributed by atoms with Crippen molar-refractivity contribution in [3.63, 3.8) is 0 Å². The van der Waals surface area contributed by atoms with Gasteiger partial charge in [0.1, 0.15) is 0 Å². The predicted octanol–water partition coefficient (Wildman–Crippen LogP) is 0.401. The first kappa shape index (κ1) is 3.54. The van der Waals surface area contributed by atoms with Gasteiger partial charge in [-0.15, -0.1) is 0 Å². The zero-order valence-corrected chi connectivity index (χ0v) is 5.31. The molecule has 0 unspecified atom stereocenters. The van der Waals surface area contributed by atoms with Crippen molar-refractivity contribution in [3.8, 4) is 0 Å². The van der Waals surface area contributed by atoms with Gasteiger partial charge in [0.25, 0.3) is 0 Å². The van der Waals surface area contributed by atoms with Gasteiger partial charge in [-0.1, -0.05) is 0 Å². The second-order valence-electron chi connectivity index (χ2n) is 0.824. The minimum absolute atomic E-state index is 0.0889. The molecule has 1 aliphatic rings. The molecule has 0 radical (unpaired) electrons. The molecule has 0 spiro atoms. The second-order valence-corrected chi connectivity index (χ2v) is 3.14. The molecule has 1 heterocycles. The molecule has 26 valence electrons. The molecule has 5 heavy (non-hydrogen) atoms. The Balaban J connectivity index is 2.61. The molecule has 2 heteroatoms. The van der Waals surface area contributed by atoms with Gasteiger partial charge in [-0.3, -0.25) is 0 Å². The van der Waals surface area contributed by atoms with Crippen molar-refractivity contribution in [2.75, 3.05) is 6.54 Å². The number of nitrogens with zero attached hydrogens (tertiary/aromatic N) is 1. The molecule has 0 N–H and O–H groups in total. The summed E-state index contributed by atoms with van der Waals surface area (Å²) < 4.78 is 6.34. The van der Waals surface area contributed by atoms with Gasteiger partial charge in [0.2, 0.25) is 0 Å². The SMILES string of the molecule is C1=[CH][Sb]=[N]C1. The van der Waals surface area contributed by atoms with Crippen LogP contribution in [0.1, 0.15) is 0 Å². The van der Waals surface area contributed by atoms with Gasteiger partial charge in [-0.2, -0.15) is 0 Å². The van der Waals surface area contributed by atoms with Crippen LogP contribution in [0.4, 0.5) is 0 Å². The van der Waals surface area contributed by atoms with E-state index in [0.29, 0.717) is 0 Å². The van der Waals surface area contributed by atoms with E-state index in [1.165, 1.54) is 0 Å². The van der Waals surface area contributed by atoms with Crippen LogP contribution in [0.5, 0.6) is 0 Å². The molecule has 0 aromatic rings. The van der Waals surface area contributed by atoms with Crippen LogP contribution in [-0.2, 0) is 0 Å². The van der Waals surface area contributed by atoms with E-state index < -0.39 is 0 Å². The Labute approximate surface area is 41.5 Å². The maximum atomic E-state index is 4.12. The Morgan fingerprint density at radius 2 is 2.80 bits per heavy atom. The third kappa shape index (κ3) is 0.844. The van der Waals surface area contributed by atoms with Crippen molar-refractivity contribution >= 4 is 21.4 Å². The molecule has 0 saturated heterocycles. The average molecular weight is 176 g/mol. The quantitative estimate of drug-likeness (QED) is 0.473. The zero-order chi connectivity index (χ0) is 3.54. The van der Waals surface area contributed by atoms with Gasteiger partial charge >= 0.3 is 41.2 Å². The summed E-state index contributed by atoms with van der Waals surface area (Å²) in [6.45, 7) is 1.01. The molecular weight excluding hydrogens is 172 g/mol. The summed E-state index contributed by atoms with van der Waals surface area (Å²) in [5.74, 6) is 0. The first-order chi connectivity index (χ1) is 2.50. The Hall–Kier alpha value is 0.358. The number of hydrogen-bond acceptors (Lipinski definition) is 1. The number of hydrogen-bond donors (Lipinski definition) is 0. The van der Waals surface area contributed by atoms with E-state index >= 15 is 0 Å². The van der Waals surface area contributed by atoms with Crippen LogP contribution in [0.3, 0.4) is 0 Å². The van der Waals surface area contributed by atoms with E-state index in [1.807, 2.05) is 0 Å². The summed E-state index contributed by atoms with van der Waals surface area (Å²) in [4.78, 5) is 0. The van der Waals surface area contributed by atoms with E-state index in [-0.39, 0.29) is 21.4 Å². The second kappa shape index (κ2) is 1.71. The Bertz CT molecular complexity index is 65.0. The fourth-order valence-corrected chi connectivity index (χ4v) is 1.58. The standard InChI is InChI=1S/C3H4N.Sb/c1-2-3-4;/h1-2H,3H2;. The first-order valence-corrected chi connectivity index (χ1v) is 4.13. The van der Waals surface area contributed by atoms with Crippen LogP contribution in [0, 0.1) is 0 Å². The Kier molecular flexibility index (Phi) is 1.21. The minimum atomic E-state index is -0.0889. The van der Waals surface area contributed by atoms with Gasteiger partial charge in [-0.05, 0) is 0 Å². The molecule has 0 fully saturated rings. The first-order valence-electron chi connectivity index (χ1n) is 1.52. The van der Waals surface area contributed by atoms with Crippen molar-refractivity contribution in [1.82, 2.24) is 0 Å². The molecule has 1 aliphatic heterocycles. The van der Waals surface area contributed by atoms with Gasteiger partial charge in [0.15, 0.2) is 0 Å². The van der Waals surface area contributed by atoms with Crippen molar-refractivity contribution in [1.29, 1.82) is 0 Å². The number of rotatable bonds is 0. The molecule has 0 aromatic carbocycles. The van der Waals surface area contributed by atoms with Crippen LogP contribution in [0.25, 0.3) is 0 Å². The van der Waals surface area contributed by atoms with Gasteiger partial charge < -0.3 is 0 Å².